The molecule has 6 heteroatoms. The summed E-state index contributed by atoms with van der Waals surface area (Å²) in [6.07, 6.45) is 2.22. The molecule has 6 nitrogen and oxygen atoms in total. The second-order valence-electron chi connectivity index (χ2n) is 4.62. The summed E-state index contributed by atoms with van der Waals surface area (Å²) in [5, 5.41) is 0. The van der Waals surface area contributed by atoms with Crippen molar-refractivity contribution >= 4 is 5.91 Å². The third-order valence-electron chi connectivity index (χ3n) is 3.44. The molecule has 1 unspecified atom stereocenters. The lowest BCUT2D eigenvalue weighted by Crippen LogP contribution is -2.53. The van der Waals surface area contributed by atoms with Crippen molar-refractivity contribution in [2.45, 2.75) is 26.1 Å². The van der Waals surface area contributed by atoms with Crippen LogP contribution in [0.4, 0.5) is 0 Å². The highest BCUT2D eigenvalue weighted by molar-refractivity contribution is 5.96. The summed E-state index contributed by atoms with van der Waals surface area (Å²) in [4.78, 5) is 26.0. The Hall–Kier alpha value is -1.82. The van der Waals surface area contributed by atoms with Gasteiger partial charge in [-0.2, -0.15) is 0 Å². The average molecular weight is 264 g/mol. The number of aromatic nitrogens is 1. The number of nitrogens with zero attached hydrogens (tertiary/aromatic N) is 2. The van der Waals surface area contributed by atoms with E-state index in [0.717, 1.165) is 6.42 Å². The summed E-state index contributed by atoms with van der Waals surface area (Å²) in [7, 11) is 0. The highest BCUT2D eigenvalue weighted by Crippen LogP contribution is 2.25. The smallest absolute Gasteiger partial charge is 0.276 e. The Labute approximate surface area is 110 Å². The molecular formula is C13H16N2O4. The van der Waals surface area contributed by atoms with Crippen molar-refractivity contribution in [1.82, 2.24) is 9.47 Å². The van der Waals surface area contributed by atoms with Crippen LogP contribution in [0, 0.1) is 0 Å². The number of pyridine rings is 1. The Balaban J connectivity index is 2.09. The van der Waals surface area contributed by atoms with E-state index in [4.69, 9.17) is 9.47 Å². The van der Waals surface area contributed by atoms with Gasteiger partial charge in [0.1, 0.15) is 0 Å². The minimum absolute atomic E-state index is 0.152. The van der Waals surface area contributed by atoms with Gasteiger partial charge >= 0.3 is 0 Å². The van der Waals surface area contributed by atoms with Crippen molar-refractivity contribution in [2.75, 3.05) is 19.8 Å². The fourth-order valence-corrected chi connectivity index (χ4v) is 2.59. The van der Waals surface area contributed by atoms with Crippen LogP contribution < -0.4 is 10.2 Å². The molecule has 0 spiro atoms. The number of carbonyl (C=O) groups is 1. The lowest BCUT2D eigenvalue weighted by Gasteiger charge is -2.40. The predicted octanol–water partition coefficient (Wildman–Crippen LogP) is 0.449. The van der Waals surface area contributed by atoms with Crippen LogP contribution in [-0.4, -0.2) is 41.4 Å². The van der Waals surface area contributed by atoms with E-state index in [1.165, 1.54) is 6.07 Å². The summed E-state index contributed by atoms with van der Waals surface area (Å²) in [5.74, 6) is -0.0314. The molecule has 1 aromatic heterocycles. The molecule has 0 bridgehead atoms. The number of ether oxygens (including phenoxy) is 2. The number of amides is 1. The summed E-state index contributed by atoms with van der Waals surface area (Å²) >= 11 is 0. The van der Waals surface area contributed by atoms with Gasteiger partial charge in [-0.15, -0.1) is 0 Å². The molecule has 0 radical (unpaired) electrons. The number of carbonyl (C=O) groups excluding carboxylic acids is 1. The van der Waals surface area contributed by atoms with E-state index in [9.17, 15) is 9.59 Å². The molecule has 1 atom stereocenters. The van der Waals surface area contributed by atoms with E-state index >= 15 is 0 Å². The van der Waals surface area contributed by atoms with Gasteiger partial charge in [0, 0.05) is 18.8 Å². The SMILES string of the molecule is CCOc1c2n(ccc1=O)CC1OCCCN1C2=O. The van der Waals surface area contributed by atoms with Crippen LogP contribution in [0.1, 0.15) is 23.8 Å². The topological polar surface area (TPSA) is 60.8 Å². The van der Waals surface area contributed by atoms with Gasteiger partial charge in [-0.05, 0) is 13.3 Å². The quantitative estimate of drug-likeness (QED) is 0.778. The maximum Gasteiger partial charge on any atom is 0.276 e. The summed E-state index contributed by atoms with van der Waals surface area (Å²) in [5.41, 5.74) is 0.0916. The van der Waals surface area contributed by atoms with E-state index in [1.807, 2.05) is 0 Å². The first kappa shape index (κ1) is 12.2. The van der Waals surface area contributed by atoms with Crippen LogP contribution in [-0.2, 0) is 11.3 Å². The first-order chi connectivity index (χ1) is 9.22. The van der Waals surface area contributed by atoms with Crippen molar-refractivity contribution in [3.8, 4) is 5.75 Å². The maximum absolute atomic E-state index is 12.5. The maximum atomic E-state index is 12.5. The van der Waals surface area contributed by atoms with Crippen molar-refractivity contribution < 1.29 is 14.3 Å². The fraction of sp³-hybridized carbons (Fsp3) is 0.538. The van der Waals surface area contributed by atoms with E-state index in [0.29, 0.717) is 32.0 Å². The molecular weight excluding hydrogens is 248 g/mol. The Morgan fingerprint density at radius 2 is 2.32 bits per heavy atom. The molecule has 0 N–H and O–H groups in total. The van der Waals surface area contributed by atoms with Gasteiger partial charge in [-0.1, -0.05) is 0 Å². The molecule has 1 saturated heterocycles. The second-order valence-corrected chi connectivity index (χ2v) is 4.62. The first-order valence-corrected chi connectivity index (χ1v) is 6.51. The Kier molecular flexibility index (Phi) is 3.02. The standard InChI is InChI=1S/C13H16N2O4/c1-2-18-12-9(16)4-6-14-8-10-15(5-3-7-19-10)13(17)11(12)14/h4,6,10H,2-3,5,7-8H2,1H3. The second kappa shape index (κ2) is 4.70. The minimum atomic E-state index is -0.252. The van der Waals surface area contributed by atoms with Crippen LogP contribution in [0.15, 0.2) is 17.1 Å². The fourth-order valence-electron chi connectivity index (χ4n) is 2.59. The van der Waals surface area contributed by atoms with Crippen LogP contribution in [0.3, 0.4) is 0 Å². The Morgan fingerprint density at radius 1 is 1.47 bits per heavy atom. The number of hydrogen-bond acceptors (Lipinski definition) is 4. The highest BCUT2D eigenvalue weighted by atomic mass is 16.5. The molecule has 1 amide bonds. The van der Waals surface area contributed by atoms with Gasteiger partial charge in [0.2, 0.25) is 5.43 Å². The zero-order valence-corrected chi connectivity index (χ0v) is 10.8. The van der Waals surface area contributed by atoms with E-state index in [-0.39, 0.29) is 23.3 Å². The molecule has 1 aromatic rings. The van der Waals surface area contributed by atoms with E-state index < -0.39 is 0 Å². The zero-order chi connectivity index (χ0) is 13.4. The normalized spacial score (nSPS) is 21.8. The molecule has 0 aromatic carbocycles. The average Bonchev–Trinajstić information content (AvgIpc) is 2.42. The summed E-state index contributed by atoms with van der Waals surface area (Å²) in [6, 6.07) is 1.43. The molecule has 3 rings (SSSR count). The predicted molar refractivity (Wildman–Crippen MR) is 67.3 cm³/mol. The lowest BCUT2D eigenvalue weighted by molar-refractivity contribution is -0.0920. The Bertz CT molecular complexity index is 566. The van der Waals surface area contributed by atoms with E-state index in [1.54, 1.807) is 22.6 Å². The largest absolute Gasteiger partial charge is 0.488 e. The van der Waals surface area contributed by atoms with Gasteiger partial charge in [0.05, 0.1) is 19.8 Å². The summed E-state index contributed by atoms with van der Waals surface area (Å²) < 4.78 is 12.7. The molecule has 1 fully saturated rings. The third-order valence-corrected chi connectivity index (χ3v) is 3.44. The van der Waals surface area contributed by atoms with Crippen molar-refractivity contribution in [1.29, 1.82) is 0 Å². The lowest BCUT2D eigenvalue weighted by atomic mass is 10.1. The van der Waals surface area contributed by atoms with Crippen molar-refractivity contribution in [3.63, 3.8) is 0 Å². The Morgan fingerprint density at radius 3 is 3.11 bits per heavy atom. The van der Waals surface area contributed by atoms with Gasteiger partial charge in [-0.25, -0.2) is 0 Å². The van der Waals surface area contributed by atoms with Crippen LogP contribution in [0.2, 0.25) is 0 Å². The van der Waals surface area contributed by atoms with Crippen molar-refractivity contribution in [2.24, 2.45) is 0 Å². The van der Waals surface area contributed by atoms with Gasteiger partial charge in [-0.3, -0.25) is 9.59 Å². The van der Waals surface area contributed by atoms with Gasteiger partial charge in [0.25, 0.3) is 5.91 Å². The van der Waals surface area contributed by atoms with Crippen LogP contribution >= 0.6 is 0 Å². The van der Waals surface area contributed by atoms with Gasteiger partial charge in [0.15, 0.2) is 17.7 Å². The number of rotatable bonds is 2. The molecule has 0 aliphatic carbocycles. The number of hydrogen-bond donors (Lipinski definition) is 0. The van der Waals surface area contributed by atoms with E-state index in [2.05, 4.69) is 0 Å². The molecule has 19 heavy (non-hydrogen) atoms. The monoisotopic (exact) mass is 264 g/mol. The van der Waals surface area contributed by atoms with Gasteiger partial charge < -0.3 is 18.9 Å². The third kappa shape index (κ3) is 1.92. The molecule has 102 valence electrons. The zero-order valence-electron chi connectivity index (χ0n) is 10.8. The first-order valence-electron chi connectivity index (χ1n) is 6.51. The van der Waals surface area contributed by atoms with Crippen molar-refractivity contribution in [3.05, 3.63) is 28.2 Å². The molecule has 3 heterocycles. The van der Waals surface area contributed by atoms with Crippen LogP contribution in [0.5, 0.6) is 5.75 Å². The molecule has 0 saturated carbocycles. The number of fused-ring (bicyclic) bond motifs is 2. The summed E-state index contributed by atoms with van der Waals surface area (Å²) in [6.45, 7) is 4.03. The molecule has 2 aliphatic rings. The minimum Gasteiger partial charge on any atom is -0.488 e. The molecule has 2 aliphatic heterocycles. The highest BCUT2D eigenvalue weighted by Gasteiger charge is 2.37. The van der Waals surface area contributed by atoms with Crippen LogP contribution in [0.25, 0.3) is 0 Å².